The van der Waals surface area contributed by atoms with Gasteiger partial charge in [-0.3, -0.25) is 4.79 Å². The summed E-state index contributed by atoms with van der Waals surface area (Å²) in [4.78, 5) is 21.9. The van der Waals surface area contributed by atoms with E-state index in [4.69, 9.17) is 9.15 Å². The van der Waals surface area contributed by atoms with Crippen LogP contribution >= 0.6 is 11.3 Å². The van der Waals surface area contributed by atoms with Crippen molar-refractivity contribution < 1.29 is 13.9 Å². The molecule has 0 saturated carbocycles. The molecule has 0 aliphatic carbocycles. The van der Waals surface area contributed by atoms with Gasteiger partial charge in [0.2, 0.25) is 11.7 Å². The van der Waals surface area contributed by atoms with Gasteiger partial charge >= 0.3 is 0 Å². The van der Waals surface area contributed by atoms with Gasteiger partial charge in [0.15, 0.2) is 6.61 Å². The Morgan fingerprint density at radius 1 is 1.31 bits per heavy atom. The number of Topliss-reactive ketones (excluding diaryl/α,β-unsaturated/α-hetero) is 1. The van der Waals surface area contributed by atoms with Crippen molar-refractivity contribution in [2.24, 2.45) is 0 Å². The van der Waals surface area contributed by atoms with Crippen LogP contribution in [-0.2, 0) is 6.54 Å². The SMILES string of the molecule is Cc1cc(C(=O)COc2ncnc3sccc23)c(C)n1Cc1ccco1. The van der Waals surface area contributed by atoms with Crippen LogP contribution in [0.15, 0.2) is 46.7 Å². The van der Waals surface area contributed by atoms with Crippen LogP contribution in [0.5, 0.6) is 5.88 Å². The van der Waals surface area contributed by atoms with Crippen LogP contribution in [0.3, 0.4) is 0 Å². The summed E-state index contributed by atoms with van der Waals surface area (Å²) in [6.07, 6.45) is 3.10. The van der Waals surface area contributed by atoms with Gasteiger partial charge in [-0.25, -0.2) is 9.97 Å². The number of ether oxygens (including phenoxy) is 1. The average molecular weight is 367 g/mol. The summed E-state index contributed by atoms with van der Waals surface area (Å²) in [6, 6.07) is 7.57. The standard InChI is InChI=1S/C19H17N3O3S/c1-12-8-16(13(2)22(12)9-14-4-3-6-24-14)17(23)10-25-18-15-5-7-26-19(15)21-11-20-18/h3-8,11H,9-10H2,1-2H3. The lowest BCUT2D eigenvalue weighted by Crippen LogP contribution is -2.13. The average Bonchev–Trinajstić information content (AvgIpc) is 3.37. The normalized spacial score (nSPS) is 11.2. The van der Waals surface area contributed by atoms with E-state index in [1.807, 2.05) is 43.5 Å². The molecule has 26 heavy (non-hydrogen) atoms. The molecule has 0 unspecified atom stereocenters. The summed E-state index contributed by atoms with van der Waals surface area (Å²) >= 11 is 1.51. The first-order valence-corrected chi connectivity index (χ1v) is 9.05. The Kier molecular flexibility index (Phi) is 4.30. The number of fused-ring (bicyclic) bond motifs is 1. The summed E-state index contributed by atoms with van der Waals surface area (Å²) in [7, 11) is 0. The van der Waals surface area contributed by atoms with Gasteiger partial charge in [0.25, 0.3) is 0 Å². The second-order valence-corrected chi connectivity index (χ2v) is 6.87. The van der Waals surface area contributed by atoms with E-state index < -0.39 is 0 Å². The second kappa shape index (κ2) is 6.76. The third-order valence-corrected chi connectivity index (χ3v) is 5.15. The maximum atomic E-state index is 12.7. The maximum Gasteiger partial charge on any atom is 0.225 e. The number of carbonyl (C=O) groups excluding carboxylic acids is 1. The van der Waals surface area contributed by atoms with Crippen molar-refractivity contribution >= 4 is 27.3 Å². The van der Waals surface area contributed by atoms with Crippen LogP contribution in [-0.4, -0.2) is 26.9 Å². The Hall–Kier alpha value is -2.93. The first-order chi connectivity index (χ1) is 12.6. The van der Waals surface area contributed by atoms with Gasteiger partial charge in [0, 0.05) is 17.0 Å². The molecule has 0 atom stereocenters. The minimum Gasteiger partial charge on any atom is -0.469 e. The minimum absolute atomic E-state index is 0.0625. The number of ketones is 1. The van der Waals surface area contributed by atoms with Gasteiger partial charge in [0.1, 0.15) is 16.9 Å². The topological polar surface area (TPSA) is 70.2 Å². The van der Waals surface area contributed by atoms with E-state index in [1.54, 1.807) is 6.26 Å². The Morgan fingerprint density at radius 2 is 2.19 bits per heavy atom. The van der Waals surface area contributed by atoms with Gasteiger partial charge in [-0.05, 0) is 43.5 Å². The number of thiophene rings is 1. The van der Waals surface area contributed by atoms with E-state index in [9.17, 15) is 4.79 Å². The number of carbonyl (C=O) groups is 1. The molecular formula is C19H17N3O3S. The predicted octanol–water partition coefficient (Wildman–Crippen LogP) is 4.01. The van der Waals surface area contributed by atoms with Crippen molar-refractivity contribution in [3.05, 3.63) is 64.9 Å². The third kappa shape index (κ3) is 3.01. The molecule has 132 valence electrons. The zero-order valence-corrected chi connectivity index (χ0v) is 15.2. The van der Waals surface area contributed by atoms with Gasteiger partial charge in [0.05, 0.1) is 18.2 Å². The molecule has 0 spiro atoms. The van der Waals surface area contributed by atoms with Crippen molar-refractivity contribution in [2.75, 3.05) is 6.61 Å². The first kappa shape index (κ1) is 16.5. The predicted molar refractivity (Wildman–Crippen MR) is 99.0 cm³/mol. The zero-order chi connectivity index (χ0) is 18.1. The largest absolute Gasteiger partial charge is 0.469 e. The summed E-state index contributed by atoms with van der Waals surface area (Å²) in [6.45, 7) is 4.45. The second-order valence-electron chi connectivity index (χ2n) is 5.98. The summed E-state index contributed by atoms with van der Waals surface area (Å²) in [5, 5.41) is 2.75. The molecule has 0 N–H and O–H groups in total. The summed E-state index contributed by atoms with van der Waals surface area (Å²) in [5.74, 6) is 1.21. The van der Waals surface area contributed by atoms with E-state index in [0.717, 1.165) is 27.4 Å². The fourth-order valence-electron chi connectivity index (χ4n) is 2.98. The van der Waals surface area contributed by atoms with Gasteiger partial charge < -0.3 is 13.7 Å². The van der Waals surface area contributed by atoms with E-state index in [0.29, 0.717) is 18.0 Å². The summed E-state index contributed by atoms with van der Waals surface area (Å²) < 4.78 is 13.2. The minimum atomic E-state index is -0.0780. The van der Waals surface area contributed by atoms with E-state index >= 15 is 0 Å². The van der Waals surface area contributed by atoms with Crippen LogP contribution in [0.1, 0.15) is 27.5 Å². The molecule has 0 bridgehead atoms. The highest BCUT2D eigenvalue weighted by Gasteiger charge is 2.18. The quantitative estimate of drug-likeness (QED) is 0.482. The lowest BCUT2D eigenvalue weighted by Gasteiger charge is -2.08. The van der Waals surface area contributed by atoms with Gasteiger partial charge in [-0.1, -0.05) is 0 Å². The number of aromatic nitrogens is 3. The van der Waals surface area contributed by atoms with Crippen LogP contribution < -0.4 is 4.74 Å². The molecule has 0 amide bonds. The molecule has 0 fully saturated rings. The van der Waals surface area contributed by atoms with Gasteiger partial charge in [-0.15, -0.1) is 11.3 Å². The Balaban J connectivity index is 1.52. The molecule has 0 aliphatic heterocycles. The molecule has 0 radical (unpaired) electrons. The fraction of sp³-hybridized carbons (Fsp3) is 0.211. The van der Waals surface area contributed by atoms with Crippen molar-refractivity contribution in [1.29, 1.82) is 0 Å². The van der Waals surface area contributed by atoms with E-state index in [-0.39, 0.29) is 12.4 Å². The van der Waals surface area contributed by atoms with Crippen LogP contribution in [0.25, 0.3) is 10.2 Å². The molecule has 0 aromatic carbocycles. The van der Waals surface area contributed by atoms with Crippen LogP contribution in [0, 0.1) is 13.8 Å². The monoisotopic (exact) mass is 367 g/mol. The Labute approximate surface area is 154 Å². The fourth-order valence-corrected chi connectivity index (χ4v) is 3.70. The van der Waals surface area contributed by atoms with Crippen molar-refractivity contribution in [2.45, 2.75) is 20.4 Å². The Morgan fingerprint density at radius 3 is 3.00 bits per heavy atom. The molecule has 7 heteroatoms. The molecule has 4 rings (SSSR count). The number of nitrogens with zero attached hydrogens (tertiary/aromatic N) is 3. The number of hydrogen-bond donors (Lipinski definition) is 0. The van der Waals surface area contributed by atoms with E-state index in [1.165, 1.54) is 17.7 Å². The molecular weight excluding hydrogens is 350 g/mol. The molecule has 0 aliphatic rings. The highest BCUT2D eigenvalue weighted by Crippen LogP contribution is 2.26. The maximum absolute atomic E-state index is 12.7. The lowest BCUT2D eigenvalue weighted by molar-refractivity contribution is 0.0918. The number of hydrogen-bond acceptors (Lipinski definition) is 6. The molecule has 0 saturated heterocycles. The number of aryl methyl sites for hydroxylation is 1. The lowest BCUT2D eigenvalue weighted by atomic mass is 10.1. The number of rotatable bonds is 6. The molecule has 6 nitrogen and oxygen atoms in total. The van der Waals surface area contributed by atoms with Crippen molar-refractivity contribution in [3.8, 4) is 5.88 Å². The molecule has 4 aromatic heterocycles. The highest BCUT2D eigenvalue weighted by molar-refractivity contribution is 7.16. The highest BCUT2D eigenvalue weighted by atomic mass is 32.1. The van der Waals surface area contributed by atoms with Gasteiger partial charge in [-0.2, -0.15) is 0 Å². The molecule has 4 heterocycles. The van der Waals surface area contributed by atoms with Crippen LogP contribution in [0.2, 0.25) is 0 Å². The molecule has 4 aromatic rings. The summed E-state index contributed by atoms with van der Waals surface area (Å²) in [5.41, 5.74) is 2.56. The number of furan rings is 1. The Bertz CT molecular complexity index is 1060. The van der Waals surface area contributed by atoms with Crippen molar-refractivity contribution in [1.82, 2.24) is 14.5 Å². The first-order valence-electron chi connectivity index (χ1n) is 8.17. The van der Waals surface area contributed by atoms with Crippen LogP contribution in [0.4, 0.5) is 0 Å². The third-order valence-electron chi connectivity index (χ3n) is 4.33. The smallest absolute Gasteiger partial charge is 0.225 e. The van der Waals surface area contributed by atoms with Crippen molar-refractivity contribution in [3.63, 3.8) is 0 Å². The van der Waals surface area contributed by atoms with E-state index in [2.05, 4.69) is 14.5 Å². The zero-order valence-electron chi connectivity index (χ0n) is 14.4.